The lowest BCUT2D eigenvalue weighted by molar-refractivity contribution is 0.297. The van der Waals surface area contributed by atoms with Gasteiger partial charge in [-0.05, 0) is 23.6 Å². The molecule has 0 spiro atoms. The Morgan fingerprint density at radius 2 is 2.11 bits per heavy atom. The first-order valence-corrected chi connectivity index (χ1v) is 6.70. The highest BCUT2D eigenvalue weighted by molar-refractivity contribution is 7.09. The monoisotopic (exact) mass is 266 g/mol. The fourth-order valence-electron chi connectivity index (χ4n) is 1.82. The van der Waals surface area contributed by atoms with Gasteiger partial charge < -0.3 is 4.74 Å². The minimum absolute atomic E-state index is 0.398. The molecule has 0 radical (unpaired) electrons. The molecule has 3 aromatic rings. The van der Waals surface area contributed by atoms with Crippen molar-refractivity contribution >= 4 is 22.2 Å². The van der Waals surface area contributed by atoms with Crippen LogP contribution in [0.25, 0.3) is 10.9 Å². The Morgan fingerprint density at radius 1 is 1.21 bits per heavy atom. The first kappa shape index (κ1) is 11.7. The van der Waals surface area contributed by atoms with Crippen molar-refractivity contribution in [3.05, 3.63) is 58.3 Å². The van der Waals surface area contributed by atoms with Crippen LogP contribution in [0.4, 0.5) is 0 Å². The molecule has 1 aromatic carbocycles. The second-order valence-electron chi connectivity index (χ2n) is 4.01. The van der Waals surface area contributed by atoms with E-state index >= 15 is 0 Å². The van der Waals surface area contributed by atoms with Crippen molar-refractivity contribution in [1.29, 1.82) is 5.26 Å². The predicted molar refractivity (Wildman–Crippen MR) is 75.1 cm³/mol. The average molecular weight is 266 g/mol. The van der Waals surface area contributed by atoms with E-state index in [0.29, 0.717) is 18.1 Å². The third-order valence-electron chi connectivity index (χ3n) is 2.74. The van der Waals surface area contributed by atoms with Gasteiger partial charge >= 0.3 is 0 Å². The molecular formula is C15H10N2OS. The summed E-state index contributed by atoms with van der Waals surface area (Å²) < 4.78 is 5.66. The molecule has 2 heterocycles. The largest absolute Gasteiger partial charge is 0.471 e. The Morgan fingerprint density at radius 3 is 2.89 bits per heavy atom. The van der Waals surface area contributed by atoms with Crippen LogP contribution in [0, 0.1) is 11.3 Å². The van der Waals surface area contributed by atoms with E-state index in [4.69, 9.17) is 10.00 Å². The van der Waals surface area contributed by atoms with Crippen molar-refractivity contribution in [2.45, 2.75) is 6.61 Å². The second-order valence-corrected chi connectivity index (χ2v) is 5.05. The normalized spacial score (nSPS) is 10.3. The molecule has 2 aromatic heterocycles. The highest BCUT2D eigenvalue weighted by Crippen LogP contribution is 2.23. The molecule has 0 fully saturated rings. The van der Waals surface area contributed by atoms with Gasteiger partial charge in [0.1, 0.15) is 18.2 Å². The average Bonchev–Trinajstić information content (AvgIpc) is 2.97. The highest BCUT2D eigenvalue weighted by Gasteiger charge is 2.08. The van der Waals surface area contributed by atoms with Crippen molar-refractivity contribution in [1.82, 2.24) is 4.98 Å². The summed E-state index contributed by atoms with van der Waals surface area (Å²) in [6.07, 6.45) is 0. The van der Waals surface area contributed by atoms with Gasteiger partial charge in [-0.15, -0.1) is 11.3 Å². The number of thiophene rings is 1. The molecule has 0 N–H and O–H groups in total. The molecule has 19 heavy (non-hydrogen) atoms. The van der Waals surface area contributed by atoms with Crippen LogP contribution in [0.1, 0.15) is 10.4 Å². The molecule has 92 valence electrons. The number of aromatic nitrogens is 1. The summed E-state index contributed by atoms with van der Waals surface area (Å²) >= 11 is 1.62. The molecule has 0 saturated carbocycles. The number of fused-ring (bicyclic) bond motifs is 1. The van der Waals surface area contributed by atoms with E-state index in [-0.39, 0.29) is 0 Å². The number of hydrogen-bond acceptors (Lipinski definition) is 4. The smallest absolute Gasteiger partial charge is 0.232 e. The third kappa shape index (κ3) is 2.42. The van der Waals surface area contributed by atoms with Gasteiger partial charge in [0.05, 0.1) is 5.52 Å². The molecule has 0 aliphatic heterocycles. The zero-order valence-electron chi connectivity index (χ0n) is 10.0. The number of rotatable bonds is 3. The number of nitriles is 1. The molecule has 0 bridgehead atoms. The number of benzene rings is 1. The molecule has 0 amide bonds. The van der Waals surface area contributed by atoms with E-state index in [1.807, 2.05) is 47.8 Å². The summed E-state index contributed by atoms with van der Waals surface area (Å²) in [5, 5.41) is 12.1. The van der Waals surface area contributed by atoms with Crippen LogP contribution in [0.3, 0.4) is 0 Å². The number of nitrogens with zero attached hydrogens (tertiary/aromatic N) is 2. The van der Waals surface area contributed by atoms with Gasteiger partial charge in [0, 0.05) is 10.3 Å². The topological polar surface area (TPSA) is 45.9 Å². The quantitative estimate of drug-likeness (QED) is 0.725. The molecule has 0 unspecified atom stereocenters. The zero-order valence-corrected chi connectivity index (χ0v) is 10.9. The number of hydrogen-bond donors (Lipinski definition) is 0. The van der Waals surface area contributed by atoms with Crippen molar-refractivity contribution < 1.29 is 4.74 Å². The summed E-state index contributed by atoms with van der Waals surface area (Å²) in [6.45, 7) is 0.442. The van der Waals surface area contributed by atoms with Crippen molar-refractivity contribution in [3.63, 3.8) is 0 Å². The number of pyridine rings is 1. The van der Waals surface area contributed by atoms with Crippen LogP contribution < -0.4 is 4.74 Å². The van der Waals surface area contributed by atoms with Crippen LogP contribution in [0.5, 0.6) is 5.88 Å². The highest BCUT2D eigenvalue weighted by atomic mass is 32.1. The number of ether oxygens (including phenoxy) is 1. The Kier molecular flexibility index (Phi) is 3.13. The van der Waals surface area contributed by atoms with Gasteiger partial charge in [-0.2, -0.15) is 5.26 Å². The fraction of sp³-hybridized carbons (Fsp3) is 0.0667. The Labute approximate surface area is 114 Å². The predicted octanol–water partition coefficient (Wildman–Crippen LogP) is 3.75. The summed E-state index contributed by atoms with van der Waals surface area (Å²) in [5.41, 5.74) is 1.30. The minimum Gasteiger partial charge on any atom is -0.471 e. The van der Waals surface area contributed by atoms with E-state index in [1.165, 1.54) is 0 Å². The Balaban J connectivity index is 1.95. The summed E-state index contributed by atoms with van der Waals surface area (Å²) in [4.78, 5) is 5.52. The second kappa shape index (κ2) is 5.09. The third-order valence-corrected chi connectivity index (χ3v) is 3.59. The van der Waals surface area contributed by atoms with Crippen LogP contribution in [-0.2, 0) is 6.61 Å². The first-order chi connectivity index (χ1) is 9.36. The maximum Gasteiger partial charge on any atom is 0.232 e. The molecule has 0 aliphatic rings. The lowest BCUT2D eigenvalue weighted by atomic mass is 10.1. The molecule has 0 atom stereocenters. The standard InChI is InChI=1S/C15H10N2OS/c16-9-12-8-11-4-1-2-6-14(11)17-15(12)18-10-13-5-3-7-19-13/h1-8H,10H2. The Hall–Kier alpha value is -2.38. The fourth-order valence-corrected chi connectivity index (χ4v) is 2.44. The van der Waals surface area contributed by atoms with E-state index in [9.17, 15) is 0 Å². The first-order valence-electron chi connectivity index (χ1n) is 5.82. The van der Waals surface area contributed by atoms with E-state index < -0.39 is 0 Å². The van der Waals surface area contributed by atoms with Crippen LogP contribution in [0.2, 0.25) is 0 Å². The lowest BCUT2D eigenvalue weighted by Gasteiger charge is -2.07. The molecule has 3 nitrogen and oxygen atoms in total. The molecule has 0 aliphatic carbocycles. The summed E-state index contributed by atoms with van der Waals surface area (Å²) in [6, 6.07) is 15.6. The van der Waals surface area contributed by atoms with Gasteiger partial charge in [0.2, 0.25) is 5.88 Å². The minimum atomic E-state index is 0.398. The van der Waals surface area contributed by atoms with Gasteiger partial charge in [0.15, 0.2) is 0 Å². The molecule has 3 rings (SSSR count). The lowest BCUT2D eigenvalue weighted by Crippen LogP contribution is -1.98. The van der Waals surface area contributed by atoms with E-state index in [0.717, 1.165) is 15.8 Å². The van der Waals surface area contributed by atoms with Crippen LogP contribution >= 0.6 is 11.3 Å². The molecular weight excluding hydrogens is 256 g/mol. The van der Waals surface area contributed by atoms with Gasteiger partial charge in [-0.3, -0.25) is 0 Å². The van der Waals surface area contributed by atoms with Crippen molar-refractivity contribution in [2.75, 3.05) is 0 Å². The maximum atomic E-state index is 9.17. The molecule has 0 saturated heterocycles. The van der Waals surface area contributed by atoms with Gasteiger partial charge in [-0.25, -0.2) is 4.98 Å². The Bertz CT molecular complexity index is 744. The van der Waals surface area contributed by atoms with Crippen LogP contribution in [-0.4, -0.2) is 4.98 Å². The van der Waals surface area contributed by atoms with Crippen molar-refractivity contribution in [2.24, 2.45) is 0 Å². The van der Waals surface area contributed by atoms with Crippen LogP contribution in [0.15, 0.2) is 47.8 Å². The van der Waals surface area contributed by atoms with Gasteiger partial charge in [-0.1, -0.05) is 24.3 Å². The summed E-state index contributed by atoms with van der Waals surface area (Å²) in [5.74, 6) is 0.398. The van der Waals surface area contributed by atoms with E-state index in [1.54, 1.807) is 11.3 Å². The SMILES string of the molecule is N#Cc1cc2ccccc2nc1OCc1cccs1. The summed E-state index contributed by atoms with van der Waals surface area (Å²) in [7, 11) is 0. The van der Waals surface area contributed by atoms with E-state index in [2.05, 4.69) is 11.1 Å². The maximum absolute atomic E-state index is 9.17. The molecule has 4 heteroatoms. The zero-order chi connectivity index (χ0) is 13.1. The van der Waals surface area contributed by atoms with Gasteiger partial charge in [0.25, 0.3) is 0 Å². The number of para-hydroxylation sites is 1. The van der Waals surface area contributed by atoms with Crippen molar-refractivity contribution in [3.8, 4) is 11.9 Å².